The minimum atomic E-state index is -0.405. The van der Waals surface area contributed by atoms with E-state index in [-0.39, 0.29) is 17.9 Å². The number of carbonyl (C=O) groups is 2. The zero-order valence-electron chi connectivity index (χ0n) is 14.6. The summed E-state index contributed by atoms with van der Waals surface area (Å²) in [6.07, 6.45) is 0.848. The Morgan fingerprint density at radius 1 is 1.00 bits per heavy atom. The van der Waals surface area contributed by atoms with E-state index in [1.54, 1.807) is 0 Å². The first-order chi connectivity index (χ1) is 12.6. The molecule has 0 saturated carbocycles. The normalized spacial score (nSPS) is 21.7. The van der Waals surface area contributed by atoms with Gasteiger partial charge in [-0.05, 0) is 33.5 Å². The number of rotatable bonds is 1. The number of fused-ring (bicyclic) bond motifs is 7. The fourth-order valence-electron chi connectivity index (χ4n) is 4.69. The number of hydrogen-bond acceptors (Lipinski definition) is 3. The van der Waals surface area contributed by atoms with Gasteiger partial charge in [0.25, 0.3) is 0 Å². The Bertz CT molecular complexity index is 1070. The van der Waals surface area contributed by atoms with Crippen molar-refractivity contribution < 1.29 is 14.3 Å². The third-order valence-electron chi connectivity index (χ3n) is 5.71. The zero-order valence-corrected chi connectivity index (χ0v) is 14.6. The molecule has 4 heteroatoms. The van der Waals surface area contributed by atoms with Crippen LogP contribution >= 0.6 is 0 Å². The molecule has 1 fully saturated rings. The lowest BCUT2D eigenvalue weighted by atomic mass is 9.83. The van der Waals surface area contributed by atoms with Gasteiger partial charge in [0.2, 0.25) is 5.91 Å². The third-order valence-corrected chi connectivity index (χ3v) is 5.71. The second-order valence-corrected chi connectivity index (χ2v) is 7.14. The molecule has 4 nitrogen and oxygen atoms in total. The van der Waals surface area contributed by atoms with Crippen molar-refractivity contribution in [3.05, 3.63) is 59.7 Å². The van der Waals surface area contributed by atoms with Gasteiger partial charge in [0, 0.05) is 25.5 Å². The van der Waals surface area contributed by atoms with Crippen molar-refractivity contribution in [2.45, 2.75) is 38.5 Å². The number of esters is 1. The Morgan fingerprint density at radius 3 is 2.31 bits per heavy atom. The monoisotopic (exact) mass is 345 g/mol. The van der Waals surface area contributed by atoms with Crippen LogP contribution in [0.2, 0.25) is 0 Å². The van der Waals surface area contributed by atoms with Crippen molar-refractivity contribution in [1.82, 2.24) is 4.90 Å². The first kappa shape index (κ1) is 15.4. The molecule has 0 spiro atoms. The van der Waals surface area contributed by atoms with Crippen LogP contribution in [0.1, 0.15) is 37.0 Å². The molecule has 2 heterocycles. The molecule has 0 N–H and O–H groups in total. The minimum Gasteiger partial charge on any atom is -0.455 e. The average Bonchev–Trinajstić information content (AvgIpc) is 3.02. The number of ether oxygens (including phenoxy) is 1. The molecule has 2 atom stereocenters. The Morgan fingerprint density at radius 2 is 1.62 bits per heavy atom. The van der Waals surface area contributed by atoms with Gasteiger partial charge in [0.1, 0.15) is 6.10 Å². The molecule has 0 radical (unpaired) electrons. The standard InChI is InChI=1S/C22H19NO3/c1-13(24)26-22-19-10-11-20(25)23(19)12-18-16-8-3-2-6-14(16)15-7-4-5-9-17(15)21(18)22/h2-9,19,22H,10-12H2,1H3/t19-,22+/m0/s1. The van der Waals surface area contributed by atoms with Crippen LogP contribution < -0.4 is 0 Å². The van der Waals surface area contributed by atoms with E-state index in [1.165, 1.54) is 12.3 Å². The molecule has 0 aliphatic carbocycles. The highest BCUT2D eigenvalue weighted by Gasteiger charge is 2.44. The number of amides is 1. The van der Waals surface area contributed by atoms with Gasteiger partial charge in [-0.15, -0.1) is 0 Å². The van der Waals surface area contributed by atoms with Gasteiger partial charge in [0.05, 0.1) is 6.04 Å². The molecule has 3 aromatic rings. The SMILES string of the molecule is CC(=O)O[C@H]1c2c(c3ccccc3c3ccccc23)CN2C(=O)CC[C@@H]12. The second-order valence-electron chi connectivity index (χ2n) is 7.14. The molecule has 0 bridgehead atoms. The van der Waals surface area contributed by atoms with Crippen LogP contribution in [0.5, 0.6) is 0 Å². The predicted molar refractivity (Wildman–Crippen MR) is 99.5 cm³/mol. The van der Waals surface area contributed by atoms with Gasteiger partial charge in [-0.3, -0.25) is 9.59 Å². The second kappa shape index (κ2) is 5.56. The van der Waals surface area contributed by atoms with E-state index in [4.69, 9.17) is 4.74 Å². The smallest absolute Gasteiger partial charge is 0.303 e. The Balaban J connectivity index is 1.89. The van der Waals surface area contributed by atoms with Gasteiger partial charge >= 0.3 is 5.97 Å². The van der Waals surface area contributed by atoms with Crippen molar-refractivity contribution in [1.29, 1.82) is 0 Å². The van der Waals surface area contributed by atoms with Crippen molar-refractivity contribution in [3.63, 3.8) is 0 Å². The van der Waals surface area contributed by atoms with Crippen molar-refractivity contribution in [2.24, 2.45) is 0 Å². The largest absolute Gasteiger partial charge is 0.455 e. The highest BCUT2D eigenvalue weighted by molar-refractivity contribution is 6.11. The average molecular weight is 345 g/mol. The third kappa shape index (κ3) is 2.08. The van der Waals surface area contributed by atoms with Crippen molar-refractivity contribution >= 4 is 33.4 Å². The summed E-state index contributed by atoms with van der Waals surface area (Å²) in [6, 6.07) is 16.5. The lowest BCUT2D eigenvalue weighted by Crippen LogP contribution is -2.42. The first-order valence-electron chi connectivity index (χ1n) is 9.04. The Hall–Kier alpha value is -2.88. The molecule has 5 rings (SSSR count). The van der Waals surface area contributed by atoms with Crippen molar-refractivity contribution in [2.75, 3.05) is 0 Å². The van der Waals surface area contributed by atoms with E-state index in [0.717, 1.165) is 33.7 Å². The maximum atomic E-state index is 12.4. The number of carbonyl (C=O) groups excluding carboxylic acids is 2. The summed E-state index contributed by atoms with van der Waals surface area (Å²) in [6.45, 7) is 2.03. The van der Waals surface area contributed by atoms with Crippen LogP contribution in [-0.2, 0) is 20.9 Å². The molecule has 0 aromatic heterocycles. The van der Waals surface area contributed by atoms with E-state index in [0.29, 0.717) is 13.0 Å². The van der Waals surface area contributed by atoms with Gasteiger partial charge in [-0.25, -0.2) is 0 Å². The topological polar surface area (TPSA) is 46.6 Å². The van der Waals surface area contributed by atoms with E-state index >= 15 is 0 Å². The lowest BCUT2D eigenvalue weighted by Gasteiger charge is -2.39. The van der Waals surface area contributed by atoms with Gasteiger partial charge in [-0.1, -0.05) is 48.5 Å². The molecule has 1 amide bonds. The molecule has 1 saturated heterocycles. The molecular weight excluding hydrogens is 326 g/mol. The fourth-order valence-corrected chi connectivity index (χ4v) is 4.69. The molecule has 130 valence electrons. The zero-order chi connectivity index (χ0) is 17.8. The first-order valence-corrected chi connectivity index (χ1v) is 9.04. The molecular formula is C22H19NO3. The van der Waals surface area contributed by atoms with Crippen LogP contribution in [-0.4, -0.2) is 22.8 Å². The maximum absolute atomic E-state index is 12.4. The summed E-state index contributed by atoms with van der Waals surface area (Å²) in [5.74, 6) is -0.158. The van der Waals surface area contributed by atoms with Crippen molar-refractivity contribution in [3.8, 4) is 0 Å². The van der Waals surface area contributed by atoms with Gasteiger partial charge in [0.15, 0.2) is 0 Å². The summed E-state index contributed by atoms with van der Waals surface area (Å²) >= 11 is 0. The van der Waals surface area contributed by atoms with E-state index in [1.807, 2.05) is 29.2 Å². The van der Waals surface area contributed by atoms with Crippen LogP contribution in [0.4, 0.5) is 0 Å². The minimum absolute atomic E-state index is 0.0662. The van der Waals surface area contributed by atoms with Crippen LogP contribution in [0.25, 0.3) is 21.5 Å². The van der Waals surface area contributed by atoms with Gasteiger partial charge in [-0.2, -0.15) is 0 Å². The van der Waals surface area contributed by atoms with E-state index in [2.05, 4.69) is 24.3 Å². The highest BCUT2D eigenvalue weighted by atomic mass is 16.5. The summed E-state index contributed by atoms with van der Waals surface area (Å²) in [4.78, 5) is 26.2. The number of benzene rings is 3. The molecule has 3 aromatic carbocycles. The van der Waals surface area contributed by atoms with Crippen LogP contribution in [0.15, 0.2) is 48.5 Å². The number of hydrogen-bond donors (Lipinski definition) is 0. The van der Waals surface area contributed by atoms with E-state index in [9.17, 15) is 9.59 Å². The van der Waals surface area contributed by atoms with Crippen LogP contribution in [0, 0.1) is 0 Å². The van der Waals surface area contributed by atoms with E-state index < -0.39 is 6.10 Å². The maximum Gasteiger partial charge on any atom is 0.303 e. The highest BCUT2D eigenvalue weighted by Crippen LogP contribution is 2.46. The van der Waals surface area contributed by atoms with Gasteiger partial charge < -0.3 is 9.64 Å². The predicted octanol–water partition coefficient (Wildman–Crippen LogP) is 4.10. The lowest BCUT2D eigenvalue weighted by molar-refractivity contribution is -0.153. The Labute approximate surface area is 151 Å². The summed E-state index contributed by atoms with van der Waals surface area (Å²) in [5, 5.41) is 4.59. The molecule has 26 heavy (non-hydrogen) atoms. The quantitative estimate of drug-likeness (QED) is 0.493. The Kier molecular flexibility index (Phi) is 3.29. The number of nitrogens with zero attached hydrogens (tertiary/aromatic N) is 1. The molecule has 0 unspecified atom stereocenters. The molecule has 2 aliphatic heterocycles. The summed E-state index contributed by atoms with van der Waals surface area (Å²) < 4.78 is 5.80. The fraction of sp³-hybridized carbons (Fsp3) is 0.273. The summed E-state index contributed by atoms with van der Waals surface area (Å²) in [7, 11) is 0. The van der Waals surface area contributed by atoms with Crippen LogP contribution in [0.3, 0.4) is 0 Å². The molecule has 2 aliphatic rings. The summed E-state index contributed by atoms with van der Waals surface area (Å²) in [5.41, 5.74) is 2.18.